The van der Waals surface area contributed by atoms with Gasteiger partial charge in [0.15, 0.2) is 0 Å². The second-order valence-corrected chi connectivity index (χ2v) is 5.28. The number of nitrogens with zero attached hydrogens (tertiary/aromatic N) is 3. The molecule has 2 atom stereocenters. The molecule has 2 N–H and O–H groups in total. The van der Waals surface area contributed by atoms with Crippen LogP contribution in [-0.4, -0.2) is 48.0 Å². The minimum Gasteiger partial charge on any atom is -0.383 e. The largest absolute Gasteiger partial charge is 0.383 e. The molecule has 2 rings (SSSR count). The predicted molar refractivity (Wildman–Crippen MR) is 84.5 cm³/mol. The highest BCUT2D eigenvalue weighted by molar-refractivity contribution is 5.31. The van der Waals surface area contributed by atoms with Gasteiger partial charge in [-0.15, -0.1) is 0 Å². The van der Waals surface area contributed by atoms with E-state index in [1.54, 1.807) is 7.11 Å². The van der Waals surface area contributed by atoms with Crippen molar-refractivity contribution in [3.63, 3.8) is 0 Å². The highest BCUT2D eigenvalue weighted by Crippen LogP contribution is 2.21. The normalized spacial score (nSPS) is 14.3. The molecule has 0 spiro atoms. The lowest BCUT2D eigenvalue weighted by molar-refractivity contribution is 0.0910. The molecule has 0 aliphatic rings. The number of ether oxygens (including phenoxy) is 1. The smallest absolute Gasteiger partial charge is 0.0645 e. The third-order valence-electron chi connectivity index (χ3n) is 3.83. The Morgan fingerprint density at radius 2 is 2.05 bits per heavy atom. The number of aromatic nitrogens is 2. The molecular weight excluding hydrogens is 264 g/mol. The molecule has 5 heteroatoms. The average Bonchev–Trinajstić information content (AvgIpc) is 2.98. The molecule has 2 unspecified atom stereocenters. The van der Waals surface area contributed by atoms with Crippen LogP contribution >= 0.6 is 0 Å². The fourth-order valence-electron chi connectivity index (χ4n) is 2.43. The van der Waals surface area contributed by atoms with Gasteiger partial charge in [-0.2, -0.15) is 5.10 Å². The van der Waals surface area contributed by atoms with Gasteiger partial charge < -0.3 is 10.5 Å². The van der Waals surface area contributed by atoms with E-state index in [-0.39, 0.29) is 6.04 Å². The maximum Gasteiger partial charge on any atom is 0.0645 e. The number of hydrogen-bond acceptors (Lipinski definition) is 4. The molecule has 1 aromatic carbocycles. The monoisotopic (exact) mass is 288 g/mol. The van der Waals surface area contributed by atoms with Crippen molar-refractivity contribution in [2.24, 2.45) is 5.73 Å². The first-order chi connectivity index (χ1) is 10.2. The molecule has 0 saturated carbocycles. The summed E-state index contributed by atoms with van der Waals surface area (Å²) in [5.41, 5.74) is 8.13. The summed E-state index contributed by atoms with van der Waals surface area (Å²) in [6.45, 7) is 3.36. The van der Waals surface area contributed by atoms with Crippen molar-refractivity contribution >= 4 is 0 Å². The quantitative estimate of drug-likeness (QED) is 0.844. The van der Waals surface area contributed by atoms with Crippen LogP contribution in [0.15, 0.2) is 42.7 Å². The summed E-state index contributed by atoms with van der Waals surface area (Å²) in [7, 11) is 3.79. The van der Waals surface area contributed by atoms with E-state index >= 15 is 0 Å². The van der Waals surface area contributed by atoms with E-state index in [0.717, 1.165) is 11.3 Å². The zero-order valence-corrected chi connectivity index (χ0v) is 12.9. The topological polar surface area (TPSA) is 56.3 Å². The van der Waals surface area contributed by atoms with Gasteiger partial charge in [0.25, 0.3) is 0 Å². The number of nitrogens with two attached hydrogens (primary N) is 1. The molecular formula is C16H24N4O. The van der Waals surface area contributed by atoms with Gasteiger partial charge >= 0.3 is 0 Å². The Morgan fingerprint density at radius 3 is 2.67 bits per heavy atom. The van der Waals surface area contributed by atoms with Gasteiger partial charge in [-0.3, -0.25) is 4.90 Å². The highest BCUT2D eigenvalue weighted by atomic mass is 16.5. The molecule has 5 nitrogen and oxygen atoms in total. The zero-order valence-electron chi connectivity index (χ0n) is 12.9. The van der Waals surface area contributed by atoms with Crippen LogP contribution in [0.1, 0.15) is 18.5 Å². The summed E-state index contributed by atoms with van der Waals surface area (Å²) in [5, 5.41) is 4.45. The molecule has 0 saturated heterocycles. The predicted octanol–water partition coefficient (Wildman–Crippen LogP) is 1.84. The summed E-state index contributed by atoms with van der Waals surface area (Å²) in [6, 6.07) is 10.5. The van der Waals surface area contributed by atoms with Gasteiger partial charge in [0.2, 0.25) is 0 Å². The van der Waals surface area contributed by atoms with Crippen LogP contribution in [0.2, 0.25) is 0 Å². The van der Waals surface area contributed by atoms with Crippen molar-refractivity contribution in [3.05, 3.63) is 48.3 Å². The zero-order chi connectivity index (χ0) is 15.2. The molecule has 0 aliphatic carbocycles. The summed E-state index contributed by atoms with van der Waals surface area (Å²) in [5.74, 6) is 0. The lowest BCUT2D eigenvalue weighted by Gasteiger charge is -2.31. The average molecular weight is 288 g/mol. The van der Waals surface area contributed by atoms with Gasteiger partial charge in [-0.25, -0.2) is 4.68 Å². The van der Waals surface area contributed by atoms with Crippen LogP contribution in [-0.2, 0) is 4.74 Å². The van der Waals surface area contributed by atoms with Crippen molar-refractivity contribution in [3.8, 4) is 5.69 Å². The molecule has 1 aromatic heterocycles. The van der Waals surface area contributed by atoms with Crippen LogP contribution < -0.4 is 5.73 Å². The third-order valence-corrected chi connectivity index (χ3v) is 3.83. The second-order valence-electron chi connectivity index (χ2n) is 5.28. The second kappa shape index (κ2) is 7.36. The van der Waals surface area contributed by atoms with E-state index in [1.165, 1.54) is 0 Å². The maximum atomic E-state index is 5.97. The Morgan fingerprint density at radius 1 is 1.33 bits per heavy atom. The Balaban J connectivity index is 2.18. The van der Waals surface area contributed by atoms with Crippen LogP contribution in [0.25, 0.3) is 5.69 Å². The summed E-state index contributed by atoms with van der Waals surface area (Å²) < 4.78 is 7.11. The molecule has 114 valence electrons. The van der Waals surface area contributed by atoms with Crippen molar-refractivity contribution in [2.45, 2.75) is 19.0 Å². The molecule has 0 bridgehead atoms. The molecule has 0 radical (unpaired) electrons. The van der Waals surface area contributed by atoms with Crippen molar-refractivity contribution < 1.29 is 4.74 Å². The van der Waals surface area contributed by atoms with Gasteiger partial charge in [0, 0.05) is 31.5 Å². The summed E-state index contributed by atoms with van der Waals surface area (Å²) in [6.07, 6.45) is 3.93. The number of methoxy groups -OCH3 is 1. The number of para-hydroxylation sites is 1. The SMILES string of the molecule is COCC(C)N(C)C(CN)c1cnn(-c2ccccc2)c1. The van der Waals surface area contributed by atoms with E-state index in [4.69, 9.17) is 10.5 Å². The van der Waals surface area contributed by atoms with E-state index in [0.29, 0.717) is 19.2 Å². The first-order valence-electron chi connectivity index (χ1n) is 7.18. The van der Waals surface area contributed by atoms with Crippen molar-refractivity contribution in [2.75, 3.05) is 27.3 Å². The summed E-state index contributed by atoms with van der Waals surface area (Å²) >= 11 is 0. The van der Waals surface area contributed by atoms with E-state index in [2.05, 4.69) is 24.0 Å². The fourth-order valence-corrected chi connectivity index (χ4v) is 2.43. The number of hydrogen-bond donors (Lipinski definition) is 1. The Bertz CT molecular complexity index is 540. The molecule has 0 amide bonds. The van der Waals surface area contributed by atoms with Gasteiger partial charge in [0.05, 0.1) is 24.5 Å². The Labute approximate surface area is 126 Å². The summed E-state index contributed by atoms with van der Waals surface area (Å²) in [4.78, 5) is 2.23. The lowest BCUT2D eigenvalue weighted by atomic mass is 10.1. The number of likely N-dealkylation sites (N-methyl/N-ethyl adjacent to an activating group) is 1. The number of rotatable bonds is 7. The van der Waals surface area contributed by atoms with Crippen LogP contribution in [0.3, 0.4) is 0 Å². The van der Waals surface area contributed by atoms with Gasteiger partial charge in [-0.05, 0) is 26.1 Å². The standard InChI is InChI=1S/C16H24N4O/c1-13(12-21-3)19(2)16(9-17)14-10-18-20(11-14)15-7-5-4-6-8-15/h4-8,10-11,13,16H,9,12,17H2,1-3H3. The third kappa shape index (κ3) is 3.69. The van der Waals surface area contributed by atoms with Crippen LogP contribution in [0.4, 0.5) is 0 Å². The van der Waals surface area contributed by atoms with Crippen LogP contribution in [0.5, 0.6) is 0 Å². The lowest BCUT2D eigenvalue weighted by Crippen LogP contribution is -2.39. The Hall–Kier alpha value is -1.69. The minimum atomic E-state index is 0.132. The fraction of sp³-hybridized carbons (Fsp3) is 0.438. The molecule has 0 fully saturated rings. The number of benzene rings is 1. The van der Waals surface area contributed by atoms with E-state index < -0.39 is 0 Å². The van der Waals surface area contributed by atoms with E-state index in [9.17, 15) is 0 Å². The highest BCUT2D eigenvalue weighted by Gasteiger charge is 2.21. The molecule has 21 heavy (non-hydrogen) atoms. The molecule has 1 heterocycles. The first kappa shape index (κ1) is 15.7. The maximum absolute atomic E-state index is 5.97. The van der Waals surface area contributed by atoms with E-state index in [1.807, 2.05) is 47.4 Å². The van der Waals surface area contributed by atoms with Gasteiger partial charge in [-0.1, -0.05) is 18.2 Å². The van der Waals surface area contributed by atoms with Crippen molar-refractivity contribution in [1.29, 1.82) is 0 Å². The van der Waals surface area contributed by atoms with Crippen molar-refractivity contribution in [1.82, 2.24) is 14.7 Å². The Kier molecular flexibility index (Phi) is 5.50. The van der Waals surface area contributed by atoms with Gasteiger partial charge in [0.1, 0.15) is 0 Å². The molecule has 2 aromatic rings. The first-order valence-corrected chi connectivity index (χ1v) is 7.18. The molecule has 0 aliphatic heterocycles. The minimum absolute atomic E-state index is 0.132. The van der Waals surface area contributed by atoms with Crippen LogP contribution in [0, 0.1) is 0 Å².